The number of nitro benzene ring substituents is 1. The first kappa shape index (κ1) is 16.5. The van der Waals surface area contributed by atoms with Gasteiger partial charge in [-0.15, -0.1) is 0 Å². The molecule has 9 heteroatoms. The molecule has 2 aromatic carbocycles. The molecule has 0 heterocycles. The quantitative estimate of drug-likeness (QED) is 0.647. The highest BCUT2D eigenvalue weighted by Gasteiger charge is 2.17. The maximum Gasteiger partial charge on any atom is 0.271 e. The number of anilines is 1. The van der Waals surface area contributed by atoms with Crippen LogP contribution < -0.4 is 4.72 Å². The first-order chi connectivity index (χ1) is 10.3. The van der Waals surface area contributed by atoms with E-state index in [1.54, 1.807) is 6.07 Å². The van der Waals surface area contributed by atoms with Crippen molar-refractivity contribution in [2.75, 3.05) is 4.72 Å². The SMILES string of the molecule is O=[N+]([O-])c1cccc(NS(=O)(=O)Cc2c(Cl)cccc2Cl)c1. The number of hydrogen-bond donors (Lipinski definition) is 1. The van der Waals surface area contributed by atoms with Gasteiger partial charge in [0.15, 0.2) is 0 Å². The Kier molecular flexibility index (Phi) is 4.90. The lowest BCUT2D eigenvalue weighted by Crippen LogP contribution is -2.15. The first-order valence-corrected chi connectivity index (χ1v) is 8.37. The fourth-order valence-electron chi connectivity index (χ4n) is 1.76. The Balaban J connectivity index is 2.25. The molecule has 0 aliphatic carbocycles. The molecule has 2 rings (SSSR count). The van der Waals surface area contributed by atoms with E-state index in [1.165, 1.54) is 30.3 Å². The van der Waals surface area contributed by atoms with Crippen LogP contribution in [0.3, 0.4) is 0 Å². The summed E-state index contributed by atoms with van der Waals surface area (Å²) in [5, 5.41) is 11.2. The number of non-ortho nitro benzene ring substituents is 1. The zero-order valence-electron chi connectivity index (χ0n) is 11.0. The molecular weight excluding hydrogens is 351 g/mol. The van der Waals surface area contributed by atoms with Crippen LogP contribution in [0.4, 0.5) is 11.4 Å². The second-order valence-corrected chi connectivity index (χ2v) is 6.91. The van der Waals surface area contributed by atoms with Crippen molar-refractivity contribution in [1.82, 2.24) is 0 Å². The van der Waals surface area contributed by atoms with Crippen molar-refractivity contribution in [2.24, 2.45) is 0 Å². The monoisotopic (exact) mass is 360 g/mol. The molecule has 0 atom stereocenters. The van der Waals surface area contributed by atoms with Crippen LogP contribution in [0.15, 0.2) is 42.5 Å². The highest BCUT2D eigenvalue weighted by Crippen LogP contribution is 2.27. The van der Waals surface area contributed by atoms with Crippen molar-refractivity contribution in [2.45, 2.75) is 5.75 Å². The molecule has 0 unspecified atom stereocenters. The van der Waals surface area contributed by atoms with Crippen LogP contribution in [0, 0.1) is 10.1 Å². The summed E-state index contributed by atoms with van der Waals surface area (Å²) < 4.78 is 26.6. The average molecular weight is 361 g/mol. The summed E-state index contributed by atoms with van der Waals surface area (Å²) in [6.07, 6.45) is 0. The van der Waals surface area contributed by atoms with E-state index in [-0.39, 0.29) is 27.0 Å². The number of nitrogens with one attached hydrogen (secondary N) is 1. The van der Waals surface area contributed by atoms with Crippen LogP contribution >= 0.6 is 23.2 Å². The summed E-state index contributed by atoms with van der Waals surface area (Å²) in [5.41, 5.74) is 0.150. The summed E-state index contributed by atoms with van der Waals surface area (Å²) in [7, 11) is -3.82. The highest BCUT2D eigenvalue weighted by molar-refractivity contribution is 7.91. The van der Waals surface area contributed by atoms with Crippen LogP contribution in [-0.2, 0) is 15.8 Å². The van der Waals surface area contributed by atoms with E-state index in [9.17, 15) is 18.5 Å². The Labute approximate surface area is 136 Å². The van der Waals surface area contributed by atoms with E-state index in [1.807, 2.05) is 0 Å². The zero-order valence-corrected chi connectivity index (χ0v) is 13.3. The van der Waals surface area contributed by atoms with Gasteiger partial charge in [0.2, 0.25) is 10.0 Å². The highest BCUT2D eigenvalue weighted by atomic mass is 35.5. The smallest absolute Gasteiger partial charge is 0.271 e. The molecule has 0 aromatic heterocycles. The predicted octanol–water partition coefficient (Wildman–Crippen LogP) is 3.84. The third-order valence-corrected chi connectivity index (χ3v) is 4.65. The maximum absolute atomic E-state index is 12.2. The number of nitro groups is 1. The minimum Gasteiger partial charge on any atom is -0.283 e. The van der Waals surface area contributed by atoms with Crippen molar-refractivity contribution >= 4 is 44.6 Å². The number of benzene rings is 2. The minimum atomic E-state index is -3.82. The molecule has 0 aliphatic rings. The molecule has 22 heavy (non-hydrogen) atoms. The Morgan fingerprint density at radius 3 is 2.27 bits per heavy atom. The predicted molar refractivity (Wildman–Crippen MR) is 85.8 cm³/mol. The van der Waals surface area contributed by atoms with E-state index in [0.717, 1.165) is 6.07 Å². The molecule has 116 valence electrons. The van der Waals surface area contributed by atoms with E-state index in [0.29, 0.717) is 0 Å². The van der Waals surface area contributed by atoms with E-state index in [4.69, 9.17) is 23.2 Å². The van der Waals surface area contributed by atoms with Crippen molar-refractivity contribution in [3.8, 4) is 0 Å². The van der Waals surface area contributed by atoms with Crippen molar-refractivity contribution in [3.05, 3.63) is 68.2 Å². The molecule has 0 saturated carbocycles. The summed E-state index contributed by atoms with van der Waals surface area (Å²) in [6, 6.07) is 9.87. The molecule has 0 spiro atoms. The van der Waals surface area contributed by atoms with E-state index in [2.05, 4.69) is 4.72 Å². The largest absolute Gasteiger partial charge is 0.283 e. The fourth-order valence-corrected chi connectivity index (χ4v) is 3.70. The van der Waals surface area contributed by atoms with Crippen LogP contribution in [0.2, 0.25) is 10.0 Å². The molecule has 0 radical (unpaired) electrons. The van der Waals surface area contributed by atoms with Gasteiger partial charge in [-0.3, -0.25) is 14.8 Å². The van der Waals surface area contributed by atoms with Gasteiger partial charge in [0.05, 0.1) is 16.4 Å². The second kappa shape index (κ2) is 6.51. The molecule has 0 saturated heterocycles. The fraction of sp³-hybridized carbons (Fsp3) is 0.0769. The number of nitrogens with zero attached hydrogens (tertiary/aromatic N) is 1. The Morgan fingerprint density at radius 2 is 1.68 bits per heavy atom. The van der Waals surface area contributed by atoms with Gasteiger partial charge >= 0.3 is 0 Å². The molecule has 0 amide bonds. The lowest BCUT2D eigenvalue weighted by atomic mass is 10.2. The Hall–Kier alpha value is -1.83. The van der Waals surface area contributed by atoms with E-state index >= 15 is 0 Å². The summed E-state index contributed by atoms with van der Waals surface area (Å²) in [6.45, 7) is 0. The molecule has 0 aliphatic heterocycles. The van der Waals surface area contributed by atoms with Gasteiger partial charge in [0.1, 0.15) is 0 Å². The molecule has 1 N–H and O–H groups in total. The molecular formula is C13H10Cl2N2O4S. The molecule has 6 nitrogen and oxygen atoms in total. The first-order valence-electron chi connectivity index (χ1n) is 5.96. The van der Waals surface area contributed by atoms with Crippen molar-refractivity contribution in [3.63, 3.8) is 0 Å². The summed E-state index contributed by atoms with van der Waals surface area (Å²) in [4.78, 5) is 10.1. The van der Waals surface area contributed by atoms with Crippen molar-refractivity contribution in [1.29, 1.82) is 0 Å². The maximum atomic E-state index is 12.2. The minimum absolute atomic E-state index is 0.0948. The number of sulfonamides is 1. The van der Waals surface area contributed by atoms with Crippen molar-refractivity contribution < 1.29 is 13.3 Å². The third-order valence-electron chi connectivity index (χ3n) is 2.73. The third kappa shape index (κ3) is 4.09. The Morgan fingerprint density at radius 1 is 1.09 bits per heavy atom. The zero-order chi connectivity index (χ0) is 16.3. The van der Waals surface area contributed by atoms with Gasteiger partial charge in [-0.1, -0.05) is 35.3 Å². The van der Waals surface area contributed by atoms with Crippen LogP contribution in [0.5, 0.6) is 0 Å². The summed E-state index contributed by atoms with van der Waals surface area (Å²) >= 11 is 11.9. The van der Waals surface area contributed by atoms with Gasteiger partial charge in [0.25, 0.3) is 5.69 Å². The Bertz CT molecular complexity index is 804. The normalized spacial score (nSPS) is 11.2. The standard InChI is InChI=1S/C13H10Cl2N2O4S/c14-12-5-2-6-13(15)11(12)8-22(20,21)16-9-3-1-4-10(7-9)17(18)19/h1-7,16H,8H2. The van der Waals surface area contributed by atoms with Crippen LogP contribution in [0.1, 0.15) is 5.56 Å². The number of halogens is 2. The molecule has 0 bridgehead atoms. The topological polar surface area (TPSA) is 89.3 Å². The average Bonchev–Trinajstić information content (AvgIpc) is 2.43. The van der Waals surface area contributed by atoms with Gasteiger partial charge in [0, 0.05) is 27.7 Å². The van der Waals surface area contributed by atoms with Crippen LogP contribution in [0.25, 0.3) is 0 Å². The lowest BCUT2D eigenvalue weighted by Gasteiger charge is -2.10. The number of hydrogen-bond acceptors (Lipinski definition) is 4. The van der Waals surface area contributed by atoms with E-state index < -0.39 is 20.7 Å². The lowest BCUT2D eigenvalue weighted by molar-refractivity contribution is -0.384. The van der Waals surface area contributed by atoms with Crippen LogP contribution in [-0.4, -0.2) is 13.3 Å². The van der Waals surface area contributed by atoms with Gasteiger partial charge in [-0.25, -0.2) is 8.42 Å². The van der Waals surface area contributed by atoms with Gasteiger partial charge in [-0.05, 0) is 18.2 Å². The van der Waals surface area contributed by atoms with Gasteiger partial charge < -0.3 is 0 Å². The molecule has 0 fully saturated rings. The van der Waals surface area contributed by atoms with Gasteiger partial charge in [-0.2, -0.15) is 0 Å². The molecule has 2 aromatic rings. The number of rotatable bonds is 5. The summed E-state index contributed by atoms with van der Waals surface area (Å²) in [5.74, 6) is -0.436. The second-order valence-electron chi connectivity index (χ2n) is 4.37.